The molecular formula is C5H7NO3. The van der Waals surface area contributed by atoms with Gasteiger partial charge in [-0.25, -0.2) is 0 Å². The van der Waals surface area contributed by atoms with Crippen molar-refractivity contribution < 1.29 is 9.72 Å². The molecule has 1 saturated carbocycles. The number of carbonyl (C=O) groups is 1. The average molecular weight is 129 g/mol. The lowest BCUT2D eigenvalue weighted by molar-refractivity contribution is -0.505. The van der Waals surface area contributed by atoms with Crippen molar-refractivity contribution in [1.29, 1.82) is 0 Å². The maximum atomic E-state index is 10.6. The van der Waals surface area contributed by atoms with Gasteiger partial charge in [0, 0.05) is 17.8 Å². The molecule has 9 heavy (non-hydrogen) atoms. The SMILES string of the molecule is O=C1CCCC1[N+](=O)[O-]. The van der Waals surface area contributed by atoms with Crippen molar-refractivity contribution in [1.82, 2.24) is 0 Å². The third-order valence-corrected chi connectivity index (χ3v) is 1.53. The molecule has 1 fully saturated rings. The van der Waals surface area contributed by atoms with Gasteiger partial charge in [-0.1, -0.05) is 0 Å². The zero-order valence-electron chi connectivity index (χ0n) is 4.87. The molecule has 0 bridgehead atoms. The van der Waals surface area contributed by atoms with E-state index in [1.807, 2.05) is 0 Å². The molecule has 1 aliphatic rings. The number of rotatable bonds is 1. The summed E-state index contributed by atoms with van der Waals surface area (Å²) >= 11 is 0. The Hall–Kier alpha value is -0.930. The number of nitro groups is 1. The van der Waals surface area contributed by atoms with Crippen LogP contribution >= 0.6 is 0 Å². The van der Waals surface area contributed by atoms with E-state index < -0.39 is 11.0 Å². The summed E-state index contributed by atoms with van der Waals surface area (Å²) in [5, 5.41) is 10.00. The monoisotopic (exact) mass is 129 g/mol. The Morgan fingerprint density at radius 1 is 1.67 bits per heavy atom. The van der Waals surface area contributed by atoms with Gasteiger partial charge in [0.15, 0.2) is 0 Å². The fourth-order valence-corrected chi connectivity index (χ4v) is 1.02. The zero-order valence-corrected chi connectivity index (χ0v) is 4.87. The molecule has 0 aromatic rings. The predicted molar refractivity (Wildman–Crippen MR) is 29.6 cm³/mol. The van der Waals surface area contributed by atoms with E-state index in [9.17, 15) is 14.9 Å². The minimum absolute atomic E-state index is 0.208. The van der Waals surface area contributed by atoms with Crippen molar-refractivity contribution in [2.75, 3.05) is 0 Å². The van der Waals surface area contributed by atoms with Crippen molar-refractivity contribution in [3.63, 3.8) is 0 Å². The second-order valence-electron chi connectivity index (χ2n) is 2.16. The van der Waals surface area contributed by atoms with Crippen LogP contribution in [0.2, 0.25) is 0 Å². The molecule has 0 heterocycles. The van der Waals surface area contributed by atoms with Gasteiger partial charge in [-0.2, -0.15) is 0 Å². The lowest BCUT2D eigenvalue weighted by atomic mass is 10.2. The van der Waals surface area contributed by atoms with E-state index in [0.717, 1.165) is 0 Å². The quantitative estimate of drug-likeness (QED) is 0.380. The fourth-order valence-electron chi connectivity index (χ4n) is 1.02. The van der Waals surface area contributed by atoms with E-state index >= 15 is 0 Å². The Morgan fingerprint density at radius 2 is 2.33 bits per heavy atom. The molecule has 0 aromatic carbocycles. The van der Waals surface area contributed by atoms with Gasteiger partial charge in [-0.05, 0) is 6.42 Å². The van der Waals surface area contributed by atoms with Gasteiger partial charge >= 0.3 is 0 Å². The van der Waals surface area contributed by atoms with Crippen LogP contribution in [0.5, 0.6) is 0 Å². The van der Waals surface area contributed by atoms with Crippen LogP contribution < -0.4 is 0 Å². The number of carbonyl (C=O) groups excluding carboxylic acids is 1. The summed E-state index contributed by atoms with van der Waals surface area (Å²) in [5.41, 5.74) is 0. The molecule has 1 unspecified atom stereocenters. The molecule has 4 heteroatoms. The first-order valence-electron chi connectivity index (χ1n) is 2.88. The predicted octanol–water partition coefficient (Wildman–Crippen LogP) is 0.385. The maximum absolute atomic E-state index is 10.6. The number of hydrogen-bond donors (Lipinski definition) is 0. The largest absolute Gasteiger partial charge is 0.292 e. The molecule has 1 rings (SSSR count). The van der Waals surface area contributed by atoms with Gasteiger partial charge in [0.1, 0.15) is 0 Å². The molecule has 0 aliphatic heterocycles. The zero-order chi connectivity index (χ0) is 6.85. The van der Waals surface area contributed by atoms with Gasteiger partial charge in [0.05, 0.1) is 0 Å². The molecule has 4 nitrogen and oxygen atoms in total. The van der Waals surface area contributed by atoms with Crippen molar-refractivity contribution in [3.8, 4) is 0 Å². The molecule has 0 saturated heterocycles. The van der Waals surface area contributed by atoms with E-state index in [0.29, 0.717) is 19.3 Å². The molecule has 1 atom stereocenters. The summed E-state index contributed by atoms with van der Waals surface area (Å²) in [6.45, 7) is 0. The molecule has 0 N–H and O–H groups in total. The van der Waals surface area contributed by atoms with Crippen LogP contribution in [0.4, 0.5) is 0 Å². The van der Waals surface area contributed by atoms with Crippen LogP contribution in [0.3, 0.4) is 0 Å². The van der Waals surface area contributed by atoms with E-state index in [1.165, 1.54) is 0 Å². The van der Waals surface area contributed by atoms with Crippen LogP contribution in [-0.2, 0) is 4.79 Å². The van der Waals surface area contributed by atoms with Gasteiger partial charge < -0.3 is 0 Å². The Balaban J connectivity index is 2.60. The molecule has 1 aliphatic carbocycles. The highest BCUT2D eigenvalue weighted by Gasteiger charge is 2.33. The lowest BCUT2D eigenvalue weighted by Gasteiger charge is -1.94. The van der Waals surface area contributed by atoms with E-state index in [1.54, 1.807) is 0 Å². The Morgan fingerprint density at radius 3 is 2.56 bits per heavy atom. The first kappa shape index (κ1) is 6.19. The Labute approximate surface area is 52.0 Å². The first-order valence-corrected chi connectivity index (χ1v) is 2.88. The highest BCUT2D eigenvalue weighted by atomic mass is 16.6. The van der Waals surface area contributed by atoms with Crippen molar-refractivity contribution in [3.05, 3.63) is 10.1 Å². The summed E-state index contributed by atoms with van der Waals surface area (Å²) in [6, 6.07) is -0.884. The van der Waals surface area contributed by atoms with Crippen molar-refractivity contribution >= 4 is 5.78 Å². The third-order valence-electron chi connectivity index (χ3n) is 1.53. The summed E-state index contributed by atoms with van der Waals surface area (Å²) in [7, 11) is 0. The number of hydrogen-bond acceptors (Lipinski definition) is 3. The van der Waals surface area contributed by atoms with Crippen LogP contribution in [0.25, 0.3) is 0 Å². The minimum atomic E-state index is -0.884. The first-order chi connectivity index (χ1) is 4.22. The van der Waals surface area contributed by atoms with Crippen molar-refractivity contribution in [2.24, 2.45) is 0 Å². The standard InChI is InChI=1S/C5H7NO3/c7-5-3-1-2-4(5)6(8)9/h4H,1-3H2. The fraction of sp³-hybridized carbons (Fsp3) is 0.800. The topological polar surface area (TPSA) is 60.2 Å². The summed E-state index contributed by atoms with van der Waals surface area (Å²) in [4.78, 5) is 20.1. The molecule has 0 amide bonds. The normalized spacial score (nSPS) is 26.7. The van der Waals surface area contributed by atoms with Crippen LogP contribution in [-0.4, -0.2) is 16.7 Å². The smallest absolute Gasteiger partial charge is 0.270 e. The molecular weight excluding hydrogens is 122 g/mol. The number of nitrogens with zero attached hydrogens (tertiary/aromatic N) is 1. The molecule has 0 aromatic heterocycles. The lowest BCUT2D eigenvalue weighted by Crippen LogP contribution is -2.23. The summed E-state index contributed by atoms with van der Waals surface area (Å²) in [6.07, 6.45) is 1.52. The van der Waals surface area contributed by atoms with Gasteiger partial charge in [-0.15, -0.1) is 0 Å². The van der Waals surface area contributed by atoms with E-state index in [4.69, 9.17) is 0 Å². The Kier molecular flexibility index (Phi) is 1.46. The Bertz CT molecular complexity index is 154. The summed E-state index contributed by atoms with van der Waals surface area (Å²) < 4.78 is 0. The second kappa shape index (κ2) is 2.13. The average Bonchev–Trinajstić information content (AvgIpc) is 2.13. The second-order valence-corrected chi connectivity index (χ2v) is 2.16. The van der Waals surface area contributed by atoms with Crippen molar-refractivity contribution in [2.45, 2.75) is 25.3 Å². The van der Waals surface area contributed by atoms with Gasteiger partial charge in [-0.3, -0.25) is 14.9 Å². The van der Waals surface area contributed by atoms with E-state index in [-0.39, 0.29) is 5.78 Å². The number of Topliss-reactive ketones (excluding diaryl/α,β-unsaturated/α-hetero) is 1. The minimum Gasteiger partial charge on any atom is -0.292 e. The van der Waals surface area contributed by atoms with Gasteiger partial charge in [0.2, 0.25) is 5.78 Å². The highest BCUT2D eigenvalue weighted by Crippen LogP contribution is 2.16. The highest BCUT2D eigenvalue weighted by molar-refractivity contribution is 5.84. The molecule has 0 spiro atoms. The van der Waals surface area contributed by atoms with Crippen LogP contribution in [0.15, 0.2) is 0 Å². The molecule has 50 valence electrons. The van der Waals surface area contributed by atoms with Crippen LogP contribution in [0.1, 0.15) is 19.3 Å². The van der Waals surface area contributed by atoms with Gasteiger partial charge in [0.25, 0.3) is 6.04 Å². The van der Waals surface area contributed by atoms with Crippen LogP contribution in [0, 0.1) is 10.1 Å². The third kappa shape index (κ3) is 1.06. The summed E-state index contributed by atoms with van der Waals surface area (Å²) in [5.74, 6) is -0.208. The molecule has 0 radical (unpaired) electrons. The number of ketones is 1. The maximum Gasteiger partial charge on any atom is 0.270 e. The van der Waals surface area contributed by atoms with E-state index in [2.05, 4.69) is 0 Å².